The van der Waals surface area contributed by atoms with Gasteiger partial charge in [0.2, 0.25) is 5.91 Å². The molecule has 4 aromatic carbocycles. The SMILES string of the molecule is CCCCC/C=C\C/C=C\C/C=C\C/C=C\CCCC(=O)OCC(CO[C@@H]1O[C@H](CO)[C@H](O)[C@H](O)[C@H]1O)OC(=O)CCCCCNC(=O)Cc1ccc2ccc3cccc4ccc1c2c34. The third-order valence-corrected chi connectivity index (χ3v) is 11.6. The number of aliphatic hydroxyl groups is 4. The van der Waals surface area contributed by atoms with E-state index in [0.717, 1.165) is 42.0 Å². The van der Waals surface area contributed by atoms with Crippen molar-refractivity contribution in [2.45, 2.75) is 140 Å². The Bertz CT molecular complexity index is 2160. The molecule has 1 unspecified atom stereocenters. The number of unbranched alkanes of at least 4 members (excludes halogenated alkanes) is 6. The summed E-state index contributed by atoms with van der Waals surface area (Å²) in [7, 11) is 0. The average molecular weight is 896 g/mol. The van der Waals surface area contributed by atoms with E-state index in [1.165, 1.54) is 40.8 Å². The highest BCUT2D eigenvalue weighted by Crippen LogP contribution is 2.36. The number of esters is 2. The van der Waals surface area contributed by atoms with Crippen molar-refractivity contribution in [2.75, 3.05) is 26.4 Å². The molecule has 1 heterocycles. The summed E-state index contributed by atoms with van der Waals surface area (Å²) >= 11 is 0. The molecule has 0 aromatic heterocycles. The minimum absolute atomic E-state index is 0.0657. The summed E-state index contributed by atoms with van der Waals surface area (Å²) in [5.41, 5.74) is 0.967. The summed E-state index contributed by atoms with van der Waals surface area (Å²) in [6, 6.07) is 18.8. The van der Waals surface area contributed by atoms with Gasteiger partial charge >= 0.3 is 11.9 Å². The number of carbonyl (C=O) groups excluding carboxylic acids is 3. The molecule has 1 amide bonds. The van der Waals surface area contributed by atoms with E-state index >= 15 is 0 Å². The highest BCUT2D eigenvalue weighted by atomic mass is 16.7. The van der Waals surface area contributed by atoms with Crippen molar-refractivity contribution in [3.63, 3.8) is 0 Å². The van der Waals surface area contributed by atoms with Crippen molar-refractivity contribution in [1.82, 2.24) is 5.32 Å². The predicted octanol–water partition coefficient (Wildman–Crippen LogP) is 8.22. The van der Waals surface area contributed by atoms with Crippen LogP contribution in [0.3, 0.4) is 0 Å². The van der Waals surface area contributed by atoms with E-state index in [1.807, 2.05) is 12.1 Å². The monoisotopic (exact) mass is 895 g/mol. The molecule has 6 atom stereocenters. The molecule has 65 heavy (non-hydrogen) atoms. The van der Waals surface area contributed by atoms with Crippen LogP contribution in [0, 0.1) is 0 Å². The number of aliphatic hydroxyl groups excluding tert-OH is 4. The van der Waals surface area contributed by atoms with Gasteiger partial charge in [0.15, 0.2) is 12.4 Å². The lowest BCUT2D eigenvalue weighted by atomic mass is 9.91. The summed E-state index contributed by atoms with van der Waals surface area (Å²) in [6.07, 6.45) is 19.7. The molecular formula is C53H69NO11. The van der Waals surface area contributed by atoms with Crippen LogP contribution in [-0.4, -0.2) is 101 Å². The van der Waals surface area contributed by atoms with Crippen LogP contribution in [0.4, 0.5) is 0 Å². The van der Waals surface area contributed by atoms with Crippen LogP contribution in [0.25, 0.3) is 32.3 Å². The van der Waals surface area contributed by atoms with E-state index < -0.39 is 55.4 Å². The maximum absolute atomic E-state index is 13.0. The number of nitrogens with one attached hydrogen (secondary N) is 1. The molecule has 1 saturated heterocycles. The topological polar surface area (TPSA) is 181 Å². The third-order valence-electron chi connectivity index (χ3n) is 11.6. The summed E-state index contributed by atoms with van der Waals surface area (Å²) in [5, 5.41) is 50.2. The summed E-state index contributed by atoms with van der Waals surface area (Å²) < 4.78 is 22.1. The Morgan fingerprint density at radius 2 is 1.31 bits per heavy atom. The van der Waals surface area contributed by atoms with Gasteiger partial charge in [-0.1, -0.05) is 129 Å². The van der Waals surface area contributed by atoms with Crippen LogP contribution < -0.4 is 5.32 Å². The molecule has 0 bridgehead atoms. The molecule has 5 N–H and O–H groups in total. The summed E-state index contributed by atoms with van der Waals surface area (Å²) in [6.45, 7) is 1.36. The second-order valence-electron chi connectivity index (χ2n) is 16.7. The van der Waals surface area contributed by atoms with Crippen LogP contribution in [0.5, 0.6) is 0 Å². The fourth-order valence-corrected chi connectivity index (χ4v) is 7.94. The lowest BCUT2D eigenvalue weighted by molar-refractivity contribution is -0.305. The summed E-state index contributed by atoms with van der Waals surface area (Å²) in [4.78, 5) is 38.6. The second kappa shape index (κ2) is 28.2. The highest BCUT2D eigenvalue weighted by molar-refractivity contribution is 6.23. The van der Waals surface area contributed by atoms with Gasteiger partial charge in [0.1, 0.15) is 31.0 Å². The van der Waals surface area contributed by atoms with Gasteiger partial charge in [-0.25, -0.2) is 0 Å². The van der Waals surface area contributed by atoms with Crippen molar-refractivity contribution in [3.05, 3.63) is 109 Å². The van der Waals surface area contributed by atoms with Crippen molar-refractivity contribution in [2.24, 2.45) is 0 Å². The highest BCUT2D eigenvalue weighted by Gasteiger charge is 2.44. The smallest absolute Gasteiger partial charge is 0.306 e. The van der Waals surface area contributed by atoms with Gasteiger partial charge in [0.05, 0.1) is 19.6 Å². The normalized spacial score (nSPS) is 19.7. The van der Waals surface area contributed by atoms with Gasteiger partial charge in [0.25, 0.3) is 0 Å². The fourth-order valence-electron chi connectivity index (χ4n) is 7.94. The maximum Gasteiger partial charge on any atom is 0.306 e. The number of amides is 1. The Morgan fingerprint density at radius 1 is 0.677 bits per heavy atom. The number of ether oxygens (including phenoxy) is 4. The Kier molecular flexibility index (Phi) is 22.1. The Balaban J connectivity index is 0.996. The quantitative estimate of drug-likeness (QED) is 0.0153. The van der Waals surface area contributed by atoms with Gasteiger partial charge < -0.3 is 44.7 Å². The third kappa shape index (κ3) is 16.5. The zero-order chi connectivity index (χ0) is 46.2. The number of carbonyl (C=O) groups is 3. The summed E-state index contributed by atoms with van der Waals surface area (Å²) in [5.74, 6) is -1.11. The maximum atomic E-state index is 13.0. The standard InChI is InChI=1S/C53H69NO11/c1-2-3-4-5-6-7-8-9-10-11-12-13-14-15-16-17-19-25-46(57)62-36-42(37-63-53-52(61)51(60)50(59)44(35-55)65-53)64-47(58)26-20-18-21-33-54-45(56)34-41-30-29-40-28-27-38-23-22-24-39-31-32-43(41)49(40)48(38)39/h6-7,9-10,12-13,15-16,22-24,27-32,42,44,50-53,55,59-61H,2-5,8,11,14,17-21,25-26,33-37H2,1H3,(H,54,56)/b7-6-,10-9-,13-12-,16-15-/t42?,44-,50+,51+,52-,53-/m1/s1. The molecule has 0 radical (unpaired) electrons. The van der Waals surface area contributed by atoms with E-state index in [2.05, 4.69) is 103 Å². The average Bonchev–Trinajstić information content (AvgIpc) is 3.31. The van der Waals surface area contributed by atoms with E-state index in [0.29, 0.717) is 38.6 Å². The first-order valence-electron chi connectivity index (χ1n) is 23.5. The first-order valence-corrected chi connectivity index (χ1v) is 23.5. The first-order chi connectivity index (χ1) is 31.7. The molecule has 1 aliphatic rings. The van der Waals surface area contributed by atoms with Crippen LogP contribution in [0.15, 0.2) is 103 Å². The lowest BCUT2D eigenvalue weighted by Crippen LogP contribution is -2.59. The molecule has 12 nitrogen and oxygen atoms in total. The number of allylic oxidation sites excluding steroid dienone is 8. The first kappa shape index (κ1) is 51.0. The van der Waals surface area contributed by atoms with E-state index in [1.54, 1.807) is 0 Å². The van der Waals surface area contributed by atoms with Gasteiger partial charge in [-0.15, -0.1) is 0 Å². The van der Waals surface area contributed by atoms with Crippen LogP contribution in [0.1, 0.15) is 102 Å². The van der Waals surface area contributed by atoms with E-state index in [4.69, 9.17) is 18.9 Å². The van der Waals surface area contributed by atoms with E-state index in [9.17, 15) is 34.8 Å². The minimum atomic E-state index is -1.65. The Labute approximate surface area is 383 Å². The molecule has 12 heteroatoms. The van der Waals surface area contributed by atoms with Gasteiger partial charge in [-0.05, 0) is 95.7 Å². The molecule has 4 aromatic rings. The van der Waals surface area contributed by atoms with Gasteiger partial charge in [0, 0.05) is 19.4 Å². The Hall–Kier alpha value is -4.95. The fraction of sp³-hybridized carbons (Fsp3) is 0.491. The van der Waals surface area contributed by atoms with Crippen molar-refractivity contribution in [1.29, 1.82) is 0 Å². The largest absolute Gasteiger partial charge is 0.462 e. The minimum Gasteiger partial charge on any atom is -0.462 e. The van der Waals surface area contributed by atoms with Crippen LogP contribution in [-0.2, 0) is 39.8 Å². The number of hydrogen-bond acceptors (Lipinski definition) is 11. The van der Waals surface area contributed by atoms with Crippen molar-refractivity contribution >= 4 is 50.2 Å². The van der Waals surface area contributed by atoms with Crippen molar-refractivity contribution < 1.29 is 53.8 Å². The molecule has 5 rings (SSSR count). The van der Waals surface area contributed by atoms with E-state index in [-0.39, 0.29) is 38.4 Å². The Morgan fingerprint density at radius 3 is 2.00 bits per heavy atom. The molecular weight excluding hydrogens is 827 g/mol. The molecule has 0 aliphatic carbocycles. The molecule has 0 spiro atoms. The lowest BCUT2D eigenvalue weighted by Gasteiger charge is -2.39. The number of benzene rings is 4. The van der Waals surface area contributed by atoms with Crippen LogP contribution in [0.2, 0.25) is 0 Å². The van der Waals surface area contributed by atoms with Crippen molar-refractivity contribution in [3.8, 4) is 0 Å². The van der Waals surface area contributed by atoms with Gasteiger partial charge in [-0.3, -0.25) is 14.4 Å². The van der Waals surface area contributed by atoms with Gasteiger partial charge in [-0.2, -0.15) is 0 Å². The molecule has 1 aliphatic heterocycles. The predicted molar refractivity (Wildman–Crippen MR) is 254 cm³/mol. The second-order valence-corrected chi connectivity index (χ2v) is 16.7. The number of rotatable bonds is 29. The molecule has 352 valence electrons. The zero-order valence-electron chi connectivity index (χ0n) is 37.9. The zero-order valence-corrected chi connectivity index (χ0v) is 37.9. The molecule has 1 fully saturated rings. The molecule has 0 saturated carbocycles. The van der Waals surface area contributed by atoms with Crippen LogP contribution >= 0.6 is 0 Å². The number of hydrogen-bond donors (Lipinski definition) is 5.